The lowest BCUT2D eigenvalue weighted by Crippen LogP contribution is -1.87. The predicted octanol–water partition coefficient (Wildman–Crippen LogP) is 3.37. The Balaban J connectivity index is 3.15. The van der Waals surface area contributed by atoms with Crippen LogP contribution in [-0.2, 0) is 0 Å². The van der Waals surface area contributed by atoms with E-state index in [4.69, 9.17) is 0 Å². The van der Waals surface area contributed by atoms with E-state index >= 15 is 0 Å². The summed E-state index contributed by atoms with van der Waals surface area (Å²) in [7, 11) is 0. The number of benzene rings is 1. The third kappa shape index (κ3) is 2.39. The number of aliphatic hydroxyl groups is 1. The molecule has 1 aromatic carbocycles. The van der Waals surface area contributed by atoms with Gasteiger partial charge in [-0.05, 0) is 36.8 Å². The zero-order valence-electron chi connectivity index (χ0n) is 7.49. The van der Waals surface area contributed by atoms with Gasteiger partial charge in [0, 0.05) is 10.5 Å². The van der Waals surface area contributed by atoms with Gasteiger partial charge in [-0.2, -0.15) is 0 Å². The molecule has 68 valence electrons. The van der Waals surface area contributed by atoms with Gasteiger partial charge in [-0.15, -0.1) is 12.6 Å². The first kappa shape index (κ1) is 9.93. The summed E-state index contributed by atoms with van der Waals surface area (Å²) >= 11 is 4.20. The van der Waals surface area contributed by atoms with Crippen LogP contribution in [0.4, 0.5) is 0 Å². The SMILES string of the molecule is C=C/C=C(/O)c1ccc(S)cc1C. The summed E-state index contributed by atoms with van der Waals surface area (Å²) in [5.74, 6) is 0.237. The standard InChI is InChI=1S/C11H12OS/c1-3-4-11(12)10-6-5-9(13)7-8(10)2/h3-7,12-13H,1H2,2H3/b11-4+. The molecule has 0 aliphatic heterocycles. The number of hydrogen-bond donors (Lipinski definition) is 2. The Labute approximate surface area is 83.8 Å². The van der Waals surface area contributed by atoms with Crippen LogP contribution in [-0.4, -0.2) is 5.11 Å². The van der Waals surface area contributed by atoms with Crippen molar-refractivity contribution in [1.82, 2.24) is 0 Å². The molecule has 1 nitrogen and oxygen atoms in total. The van der Waals surface area contributed by atoms with Gasteiger partial charge in [0.05, 0.1) is 0 Å². The van der Waals surface area contributed by atoms with Crippen molar-refractivity contribution in [3.05, 3.63) is 48.1 Å². The molecule has 1 rings (SSSR count). The third-order valence-corrected chi connectivity index (χ3v) is 2.04. The summed E-state index contributed by atoms with van der Waals surface area (Å²) in [4.78, 5) is 0.896. The van der Waals surface area contributed by atoms with Gasteiger partial charge in [0.25, 0.3) is 0 Å². The minimum absolute atomic E-state index is 0.237. The second kappa shape index (κ2) is 4.19. The van der Waals surface area contributed by atoms with Gasteiger partial charge in [-0.25, -0.2) is 0 Å². The molecule has 1 N–H and O–H groups in total. The second-order valence-corrected chi connectivity index (χ2v) is 3.30. The van der Waals surface area contributed by atoms with Crippen LogP contribution < -0.4 is 0 Å². The highest BCUT2D eigenvalue weighted by Gasteiger charge is 2.01. The highest BCUT2D eigenvalue weighted by molar-refractivity contribution is 7.80. The zero-order valence-corrected chi connectivity index (χ0v) is 8.38. The molecule has 0 bridgehead atoms. The molecule has 1 aromatic rings. The smallest absolute Gasteiger partial charge is 0.123 e. The average molecular weight is 192 g/mol. The van der Waals surface area contributed by atoms with Gasteiger partial charge in [0.2, 0.25) is 0 Å². The molecular weight excluding hydrogens is 180 g/mol. The molecule has 0 fully saturated rings. The first-order valence-corrected chi connectivity index (χ1v) is 4.41. The van der Waals surface area contributed by atoms with Gasteiger partial charge in [0.15, 0.2) is 0 Å². The summed E-state index contributed by atoms with van der Waals surface area (Å²) in [6.07, 6.45) is 3.13. The van der Waals surface area contributed by atoms with Crippen LogP contribution >= 0.6 is 12.6 Å². The molecule has 0 aliphatic carbocycles. The normalized spacial score (nSPS) is 11.4. The van der Waals surface area contributed by atoms with Crippen molar-refractivity contribution in [2.75, 3.05) is 0 Å². The van der Waals surface area contributed by atoms with E-state index < -0.39 is 0 Å². The molecule has 0 unspecified atom stereocenters. The summed E-state index contributed by atoms with van der Waals surface area (Å²) in [6.45, 7) is 5.45. The van der Waals surface area contributed by atoms with E-state index in [0.29, 0.717) is 0 Å². The summed E-state index contributed by atoms with van der Waals surface area (Å²) in [5.41, 5.74) is 1.82. The molecular formula is C11H12OS. The van der Waals surface area contributed by atoms with Crippen LogP contribution in [0.25, 0.3) is 5.76 Å². The van der Waals surface area contributed by atoms with Crippen LogP contribution in [0.3, 0.4) is 0 Å². The molecule has 0 aliphatic rings. The lowest BCUT2D eigenvalue weighted by molar-refractivity contribution is 0.511. The zero-order chi connectivity index (χ0) is 9.84. The number of hydrogen-bond acceptors (Lipinski definition) is 2. The highest BCUT2D eigenvalue weighted by atomic mass is 32.1. The molecule has 0 aromatic heterocycles. The van der Waals surface area contributed by atoms with Crippen molar-refractivity contribution in [3.63, 3.8) is 0 Å². The molecule has 2 heteroatoms. The number of aryl methyl sites for hydroxylation is 1. The lowest BCUT2D eigenvalue weighted by Gasteiger charge is -2.04. The van der Waals surface area contributed by atoms with Crippen molar-refractivity contribution in [2.24, 2.45) is 0 Å². The molecule has 0 heterocycles. The largest absolute Gasteiger partial charge is 0.507 e. The minimum Gasteiger partial charge on any atom is -0.507 e. The van der Waals surface area contributed by atoms with Crippen LogP contribution in [0, 0.1) is 6.92 Å². The summed E-state index contributed by atoms with van der Waals surface area (Å²) in [6, 6.07) is 5.59. The van der Waals surface area contributed by atoms with Gasteiger partial charge < -0.3 is 5.11 Å². The van der Waals surface area contributed by atoms with Crippen molar-refractivity contribution < 1.29 is 5.11 Å². The Morgan fingerprint density at radius 2 is 2.23 bits per heavy atom. The number of allylic oxidation sites excluding steroid dienone is 2. The maximum Gasteiger partial charge on any atom is 0.123 e. The molecule has 0 spiro atoms. The maximum absolute atomic E-state index is 9.56. The van der Waals surface area contributed by atoms with E-state index in [2.05, 4.69) is 19.2 Å². The lowest BCUT2D eigenvalue weighted by atomic mass is 10.1. The predicted molar refractivity (Wildman–Crippen MR) is 59.2 cm³/mol. The van der Waals surface area contributed by atoms with E-state index in [0.717, 1.165) is 16.0 Å². The van der Waals surface area contributed by atoms with E-state index in [9.17, 15) is 5.11 Å². The molecule has 0 radical (unpaired) electrons. The first-order valence-electron chi connectivity index (χ1n) is 3.97. The maximum atomic E-state index is 9.56. The minimum atomic E-state index is 0.237. The molecule has 13 heavy (non-hydrogen) atoms. The fraction of sp³-hybridized carbons (Fsp3) is 0.0909. The number of rotatable bonds is 2. The Morgan fingerprint density at radius 1 is 1.54 bits per heavy atom. The van der Waals surface area contributed by atoms with E-state index in [1.54, 1.807) is 12.2 Å². The quantitative estimate of drug-likeness (QED) is 0.418. The van der Waals surface area contributed by atoms with Gasteiger partial charge in [-0.1, -0.05) is 12.7 Å². The van der Waals surface area contributed by atoms with Crippen molar-refractivity contribution >= 4 is 18.4 Å². The summed E-state index contributed by atoms with van der Waals surface area (Å²) < 4.78 is 0. The molecule has 0 atom stereocenters. The third-order valence-electron chi connectivity index (χ3n) is 1.76. The van der Waals surface area contributed by atoms with Crippen LogP contribution in [0.5, 0.6) is 0 Å². The molecule has 0 amide bonds. The molecule has 0 saturated heterocycles. The van der Waals surface area contributed by atoms with E-state index in [1.807, 2.05) is 25.1 Å². The Kier molecular flexibility index (Phi) is 3.20. The van der Waals surface area contributed by atoms with Gasteiger partial charge >= 0.3 is 0 Å². The Hall–Kier alpha value is -1.15. The Bertz CT molecular complexity index is 353. The van der Waals surface area contributed by atoms with Crippen LogP contribution in [0.2, 0.25) is 0 Å². The fourth-order valence-electron chi connectivity index (χ4n) is 1.14. The topological polar surface area (TPSA) is 20.2 Å². The number of aliphatic hydroxyl groups excluding tert-OH is 1. The van der Waals surface area contributed by atoms with Gasteiger partial charge in [0.1, 0.15) is 5.76 Å². The number of thiol groups is 1. The first-order chi connectivity index (χ1) is 6.15. The highest BCUT2D eigenvalue weighted by Crippen LogP contribution is 2.19. The Morgan fingerprint density at radius 3 is 2.77 bits per heavy atom. The van der Waals surface area contributed by atoms with Crippen molar-refractivity contribution in [2.45, 2.75) is 11.8 Å². The van der Waals surface area contributed by atoms with E-state index in [-0.39, 0.29) is 5.76 Å². The second-order valence-electron chi connectivity index (χ2n) is 2.79. The van der Waals surface area contributed by atoms with Gasteiger partial charge in [-0.3, -0.25) is 0 Å². The fourth-order valence-corrected chi connectivity index (χ4v) is 1.40. The summed E-state index contributed by atoms with van der Waals surface area (Å²) in [5, 5.41) is 9.56. The average Bonchev–Trinajstić information content (AvgIpc) is 2.04. The monoisotopic (exact) mass is 192 g/mol. The molecule has 0 saturated carbocycles. The van der Waals surface area contributed by atoms with Crippen molar-refractivity contribution in [3.8, 4) is 0 Å². The van der Waals surface area contributed by atoms with Crippen molar-refractivity contribution in [1.29, 1.82) is 0 Å². The van der Waals surface area contributed by atoms with E-state index in [1.165, 1.54) is 0 Å². The van der Waals surface area contributed by atoms with Crippen LogP contribution in [0.15, 0.2) is 41.8 Å². The van der Waals surface area contributed by atoms with Crippen LogP contribution in [0.1, 0.15) is 11.1 Å².